The summed E-state index contributed by atoms with van der Waals surface area (Å²) in [6.45, 7) is -0.0979. The van der Waals surface area contributed by atoms with Crippen LogP contribution in [0.4, 0.5) is 8.78 Å². The van der Waals surface area contributed by atoms with E-state index in [1.165, 1.54) is 12.1 Å². The second-order valence-corrected chi connectivity index (χ2v) is 2.82. The zero-order valence-electron chi connectivity index (χ0n) is 7.00. The molecule has 0 heterocycles. The molecular weight excluding hydrogens is 176 g/mol. The highest BCUT2D eigenvalue weighted by atomic mass is 19.1. The highest BCUT2D eigenvalue weighted by Crippen LogP contribution is 2.16. The summed E-state index contributed by atoms with van der Waals surface area (Å²) in [7, 11) is 0. The predicted octanol–water partition coefficient (Wildman–Crippen LogP) is 1.35. The molecule has 1 aromatic carbocycles. The third kappa shape index (κ3) is 2.75. The molecule has 0 saturated carbocycles. The standard InChI is InChI=1S/C9H11F2NO/c10-7-3-6(4-8(11)5-7)9(12)1-2-13/h3-5,9,13H,1-2,12H2. The highest BCUT2D eigenvalue weighted by molar-refractivity contribution is 5.20. The molecule has 0 amide bonds. The minimum atomic E-state index is -0.650. The SMILES string of the molecule is NC(CCO)c1cc(F)cc(F)c1. The van der Waals surface area contributed by atoms with Crippen LogP contribution in [-0.2, 0) is 0 Å². The van der Waals surface area contributed by atoms with E-state index in [0.29, 0.717) is 12.0 Å². The van der Waals surface area contributed by atoms with Crippen molar-refractivity contribution in [2.45, 2.75) is 12.5 Å². The summed E-state index contributed by atoms with van der Waals surface area (Å²) in [6.07, 6.45) is 0.295. The first-order chi connectivity index (χ1) is 6.13. The zero-order valence-corrected chi connectivity index (χ0v) is 7.00. The quantitative estimate of drug-likeness (QED) is 0.750. The number of hydrogen-bond donors (Lipinski definition) is 2. The maximum absolute atomic E-state index is 12.7. The van der Waals surface area contributed by atoms with Crippen molar-refractivity contribution in [1.82, 2.24) is 0 Å². The Morgan fingerprint density at radius 3 is 2.23 bits per heavy atom. The van der Waals surface area contributed by atoms with E-state index in [1.807, 2.05) is 0 Å². The first-order valence-electron chi connectivity index (χ1n) is 3.96. The molecule has 72 valence electrons. The summed E-state index contributed by atoms with van der Waals surface area (Å²) < 4.78 is 25.3. The first kappa shape index (κ1) is 10.1. The van der Waals surface area contributed by atoms with Gasteiger partial charge in [0.15, 0.2) is 0 Å². The van der Waals surface area contributed by atoms with Gasteiger partial charge in [-0.1, -0.05) is 0 Å². The number of hydrogen-bond acceptors (Lipinski definition) is 2. The fraction of sp³-hybridized carbons (Fsp3) is 0.333. The average molecular weight is 187 g/mol. The minimum absolute atomic E-state index is 0.0979. The third-order valence-electron chi connectivity index (χ3n) is 1.75. The lowest BCUT2D eigenvalue weighted by Crippen LogP contribution is -2.12. The molecule has 4 heteroatoms. The van der Waals surface area contributed by atoms with E-state index in [2.05, 4.69) is 0 Å². The summed E-state index contributed by atoms with van der Waals surface area (Å²) in [4.78, 5) is 0. The van der Waals surface area contributed by atoms with Crippen LogP contribution in [0.5, 0.6) is 0 Å². The normalized spacial score (nSPS) is 12.9. The van der Waals surface area contributed by atoms with Gasteiger partial charge in [0.2, 0.25) is 0 Å². The number of benzene rings is 1. The number of halogens is 2. The Morgan fingerprint density at radius 2 is 1.77 bits per heavy atom. The van der Waals surface area contributed by atoms with Gasteiger partial charge in [-0.15, -0.1) is 0 Å². The van der Waals surface area contributed by atoms with Crippen LogP contribution in [0.25, 0.3) is 0 Å². The first-order valence-corrected chi connectivity index (χ1v) is 3.96. The lowest BCUT2D eigenvalue weighted by Gasteiger charge is -2.10. The molecule has 1 rings (SSSR count). The summed E-state index contributed by atoms with van der Waals surface area (Å²) in [5.41, 5.74) is 5.92. The molecule has 0 bridgehead atoms. The van der Waals surface area contributed by atoms with Crippen molar-refractivity contribution in [2.24, 2.45) is 5.73 Å². The Kier molecular flexibility index (Phi) is 3.33. The van der Waals surface area contributed by atoms with Crippen LogP contribution >= 0.6 is 0 Å². The summed E-state index contributed by atoms with van der Waals surface area (Å²) in [5.74, 6) is -1.30. The van der Waals surface area contributed by atoms with Crippen LogP contribution in [0.3, 0.4) is 0 Å². The van der Waals surface area contributed by atoms with Crippen molar-refractivity contribution in [2.75, 3.05) is 6.61 Å². The fourth-order valence-electron chi connectivity index (χ4n) is 1.09. The average Bonchev–Trinajstić information content (AvgIpc) is 2.03. The summed E-state index contributed by atoms with van der Waals surface area (Å²) in [5, 5.41) is 8.57. The van der Waals surface area contributed by atoms with Crippen molar-refractivity contribution in [3.05, 3.63) is 35.4 Å². The second-order valence-electron chi connectivity index (χ2n) is 2.82. The Morgan fingerprint density at radius 1 is 1.23 bits per heavy atom. The molecule has 0 aliphatic rings. The van der Waals surface area contributed by atoms with E-state index < -0.39 is 17.7 Å². The second kappa shape index (κ2) is 4.30. The zero-order chi connectivity index (χ0) is 9.84. The van der Waals surface area contributed by atoms with Crippen LogP contribution in [0, 0.1) is 11.6 Å². The number of nitrogens with two attached hydrogens (primary N) is 1. The van der Waals surface area contributed by atoms with Crippen molar-refractivity contribution in [3.8, 4) is 0 Å². The lowest BCUT2D eigenvalue weighted by molar-refractivity contribution is 0.276. The highest BCUT2D eigenvalue weighted by Gasteiger charge is 2.07. The van der Waals surface area contributed by atoms with Crippen LogP contribution in [0.1, 0.15) is 18.0 Å². The molecule has 0 aliphatic heterocycles. The molecule has 2 nitrogen and oxygen atoms in total. The third-order valence-corrected chi connectivity index (χ3v) is 1.75. The molecule has 0 aliphatic carbocycles. The van der Waals surface area contributed by atoms with Gasteiger partial charge in [0, 0.05) is 18.7 Å². The molecule has 0 fully saturated rings. The van der Waals surface area contributed by atoms with Gasteiger partial charge >= 0.3 is 0 Å². The van der Waals surface area contributed by atoms with Crippen LogP contribution in [0.15, 0.2) is 18.2 Å². The molecule has 0 radical (unpaired) electrons. The summed E-state index contributed by atoms with van der Waals surface area (Å²) >= 11 is 0. The minimum Gasteiger partial charge on any atom is -0.396 e. The Hall–Kier alpha value is -1.00. The topological polar surface area (TPSA) is 46.2 Å². The molecule has 3 N–H and O–H groups in total. The van der Waals surface area contributed by atoms with Gasteiger partial charge in [0.1, 0.15) is 11.6 Å². The van der Waals surface area contributed by atoms with E-state index in [-0.39, 0.29) is 6.61 Å². The Labute approximate surface area is 75.0 Å². The maximum atomic E-state index is 12.7. The molecule has 1 aromatic rings. The van der Waals surface area contributed by atoms with E-state index in [0.717, 1.165) is 6.07 Å². The molecule has 0 saturated heterocycles. The van der Waals surface area contributed by atoms with Crippen LogP contribution in [0.2, 0.25) is 0 Å². The lowest BCUT2D eigenvalue weighted by atomic mass is 10.1. The maximum Gasteiger partial charge on any atom is 0.126 e. The Balaban J connectivity index is 2.87. The van der Waals surface area contributed by atoms with E-state index >= 15 is 0 Å². The number of aliphatic hydroxyl groups is 1. The molecule has 1 atom stereocenters. The van der Waals surface area contributed by atoms with Gasteiger partial charge in [0.25, 0.3) is 0 Å². The fourth-order valence-corrected chi connectivity index (χ4v) is 1.09. The monoisotopic (exact) mass is 187 g/mol. The molecular formula is C9H11F2NO. The van der Waals surface area contributed by atoms with Gasteiger partial charge in [-0.3, -0.25) is 0 Å². The van der Waals surface area contributed by atoms with E-state index in [1.54, 1.807) is 0 Å². The van der Waals surface area contributed by atoms with E-state index in [4.69, 9.17) is 10.8 Å². The van der Waals surface area contributed by atoms with Gasteiger partial charge in [-0.25, -0.2) is 8.78 Å². The number of aliphatic hydroxyl groups excluding tert-OH is 1. The Bertz CT molecular complexity index is 271. The van der Waals surface area contributed by atoms with Crippen LogP contribution < -0.4 is 5.73 Å². The largest absolute Gasteiger partial charge is 0.396 e. The van der Waals surface area contributed by atoms with Crippen molar-refractivity contribution < 1.29 is 13.9 Å². The number of rotatable bonds is 3. The molecule has 0 spiro atoms. The predicted molar refractivity (Wildman–Crippen MR) is 45.0 cm³/mol. The van der Waals surface area contributed by atoms with Gasteiger partial charge in [0.05, 0.1) is 0 Å². The van der Waals surface area contributed by atoms with Crippen molar-refractivity contribution in [3.63, 3.8) is 0 Å². The van der Waals surface area contributed by atoms with Crippen LogP contribution in [-0.4, -0.2) is 11.7 Å². The van der Waals surface area contributed by atoms with Gasteiger partial charge in [-0.2, -0.15) is 0 Å². The molecule has 13 heavy (non-hydrogen) atoms. The van der Waals surface area contributed by atoms with Crippen molar-refractivity contribution >= 4 is 0 Å². The molecule has 0 aromatic heterocycles. The smallest absolute Gasteiger partial charge is 0.126 e. The summed E-state index contributed by atoms with van der Waals surface area (Å²) in [6, 6.07) is 2.61. The van der Waals surface area contributed by atoms with Gasteiger partial charge < -0.3 is 10.8 Å². The molecule has 1 unspecified atom stereocenters. The van der Waals surface area contributed by atoms with Gasteiger partial charge in [-0.05, 0) is 24.1 Å². The van der Waals surface area contributed by atoms with Crippen molar-refractivity contribution in [1.29, 1.82) is 0 Å². The van der Waals surface area contributed by atoms with E-state index in [9.17, 15) is 8.78 Å².